The fourth-order valence-electron chi connectivity index (χ4n) is 2.90. The number of carbonyl (C=O) groups is 4. The number of rotatable bonds is 18. The third-order valence-corrected chi connectivity index (χ3v) is 4.79. The van der Waals surface area contributed by atoms with E-state index in [-0.39, 0.29) is 13.2 Å². The van der Waals surface area contributed by atoms with Gasteiger partial charge in [-0.15, -0.1) is 11.0 Å². The monoisotopic (exact) mass is 486 g/mol. The Bertz CT molecular complexity index is 546. The van der Waals surface area contributed by atoms with E-state index in [0.717, 1.165) is 50.7 Å². The average Bonchev–Trinajstić information content (AvgIpc) is 2.83. The van der Waals surface area contributed by atoms with Crippen LogP contribution in [0.15, 0.2) is 12.2 Å². The van der Waals surface area contributed by atoms with Gasteiger partial charge in [-0.25, -0.2) is 19.2 Å². The summed E-state index contributed by atoms with van der Waals surface area (Å²) >= 11 is 0. The van der Waals surface area contributed by atoms with Crippen LogP contribution in [-0.2, 0) is 28.7 Å². The quantitative estimate of drug-likeness (QED) is 0.114. The van der Waals surface area contributed by atoms with Crippen molar-refractivity contribution in [1.82, 2.24) is 11.0 Å². The van der Waals surface area contributed by atoms with Crippen molar-refractivity contribution in [2.45, 2.75) is 104 Å². The van der Waals surface area contributed by atoms with Gasteiger partial charge in [-0.05, 0) is 12.8 Å². The molecule has 0 spiro atoms. The molecule has 10 heteroatoms. The lowest BCUT2D eigenvalue weighted by atomic mass is 10.1. The number of amides is 2. The molecular formula is C24H42N2O8. The Morgan fingerprint density at radius 2 is 0.853 bits per heavy atom. The maximum atomic E-state index is 11.5. The minimum atomic E-state index is -1.02. The molecule has 0 saturated carbocycles. The summed E-state index contributed by atoms with van der Waals surface area (Å²) in [4.78, 5) is 54.7. The van der Waals surface area contributed by atoms with Gasteiger partial charge in [-0.3, -0.25) is 0 Å². The number of hydrogen-bond donors (Lipinski definition) is 2. The highest BCUT2D eigenvalue weighted by Gasteiger charge is 2.08. The molecule has 0 aliphatic rings. The second kappa shape index (κ2) is 23.4. The fourth-order valence-corrected chi connectivity index (χ4v) is 2.90. The molecule has 0 atom stereocenters. The van der Waals surface area contributed by atoms with Crippen molar-refractivity contribution >= 4 is 24.1 Å². The summed E-state index contributed by atoms with van der Waals surface area (Å²) in [5.41, 5.74) is 3.64. The Morgan fingerprint density at radius 3 is 1.21 bits per heavy atom. The molecule has 0 fully saturated rings. The maximum Gasteiger partial charge on any atom is 0.440 e. The molecule has 10 nitrogen and oxygen atoms in total. The summed E-state index contributed by atoms with van der Waals surface area (Å²) in [7, 11) is 0. The lowest BCUT2D eigenvalue weighted by Crippen LogP contribution is -2.28. The van der Waals surface area contributed by atoms with Gasteiger partial charge in [-0.2, -0.15) is 0 Å². The summed E-state index contributed by atoms with van der Waals surface area (Å²) in [6, 6.07) is 0. The van der Waals surface area contributed by atoms with Crippen molar-refractivity contribution in [3.63, 3.8) is 0 Å². The Kier molecular flexibility index (Phi) is 21.5. The van der Waals surface area contributed by atoms with Gasteiger partial charge in [0.15, 0.2) is 0 Å². The van der Waals surface area contributed by atoms with E-state index in [1.54, 1.807) is 0 Å². The average molecular weight is 487 g/mol. The predicted octanol–water partition coefficient (Wildman–Crippen LogP) is 5.41. The van der Waals surface area contributed by atoms with Crippen molar-refractivity contribution in [2.24, 2.45) is 0 Å². The van der Waals surface area contributed by atoms with E-state index >= 15 is 0 Å². The van der Waals surface area contributed by atoms with Gasteiger partial charge in [-0.1, -0.05) is 90.9 Å². The Hall–Kier alpha value is -2.78. The molecule has 0 saturated heterocycles. The van der Waals surface area contributed by atoms with E-state index in [1.807, 2.05) is 11.0 Å². The van der Waals surface area contributed by atoms with Crippen LogP contribution in [0.25, 0.3) is 0 Å². The maximum absolute atomic E-state index is 11.5. The largest absolute Gasteiger partial charge is 0.447 e. The predicted molar refractivity (Wildman–Crippen MR) is 126 cm³/mol. The zero-order valence-corrected chi connectivity index (χ0v) is 20.7. The standard InChI is InChI=1S/C24H42N2O8/c1-3-5-7-9-11-13-15-19-31-23(29)25-33-21(27)17-18-22(28)34-26-24(30)32-20-16-14-12-10-8-6-4-2/h17-18H,3-16,19-20H2,1-2H3,(H,25,29)(H,26,30)/b18-17+. The van der Waals surface area contributed by atoms with Gasteiger partial charge in [0.25, 0.3) is 0 Å². The van der Waals surface area contributed by atoms with Gasteiger partial charge in [0.1, 0.15) is 0 Å². The van der Waals surface area contributed by atoms with Crippen molar-refractivity contribution in [1.29, 1.82) is 0 Å². The van der Waals surface area contributed by atoms with E-state index in [0.29, 0.717) is 0 Å². The van der Waals surface area contributed by atoms with Crippen molar-refractivity contribution in [2.75, 3.05) is 13.2 Å². The summed E-state index contributed by atoms with van der Waals surface area (Å²) in [6.45, 7) is 4.77. The second-order valence-corrected chi connectivity index (χ2v) is 7.89. The van der Waals surface area contributed by atoms with Crippen molar-refractivity contribution in [3.8, 4) is 0 Å². The van der Waals surface area contributed by atoms with Gasteiger partial charge < -0.3 is 19.1 Å². The van der Waals surface area contributed by atoms with Crippen LogP contribution < -0.4 is 11.0 Å². The van der Waals surface area contributed by atoms with E-state index in [9.17, 15) is 19.2 Å². The second-order valence-electron chi connectivity index (χ2n) is 7.89. The number of ether oxygens (including phenoxy) is 2. The molecule has 34 heavy (non-hydrogen) atoms. The van der Waals surface area contributed by atoms with Crippen LogP contribution in [0.4, 0.5) is 9.59 Å². The third kappa shape index (κ3) is 22.4. The molecule has 0 aromatic carbocycles. The first-order valence-electron chi connectivity index (χ1n) is 12.4. The molecule has 0 unspecified atom stereocenters. The molecule has 2 N–H and O–H groups in total. The molecule has 196 valence electrons. The fraction of sp³-hybridized carbons (Fsp3) is 0.750. The highest BCUT2D eigenvalue weighted by molar-refractivity contribution is 5.92. The molecule has 0 radical (unpaired) electrons. The smallest absolute Gasteiger partial charge is 0.440 e. The van der Waals surface area contributed by atoms with E-state index < -0.39 is 24.1 Å². The number of nitrogens with one attached hydrogen (secondary N) is 2. The first kappa shape index (κ1) is 31.2. The molecule has 0 aromatic rings. The lowest BCUT2D eigenvalue weighted by Gasteiger charge is -2.06. The van der Waals surface area contributed by atoms with Crippen LogP contribution in [0.5, 0.6) is 0 Å². The van der Waals surface area contributed by atoms with Gasteiger partial charge in [0, 0.05) is 12.2 Å². The molecule has 2 amide bonds. The van der Waals surface area contributed by atoms with Crippen LogP contribution in [0.1, 0.15) is 104 Å². The molecule has 0 aromatic heterocycles. The van der Waals surface area contributed by atoms with Crippen LogP contribution >= 0.6 is 0 Å². The number of carbonyl (C=O) groups excluding carboxylic acids is 4. The number of hydroxylamine groups is 2. The molecule has 0 aliphatic carbocycles. The highest BCUT2D eigenvalue weighted by Crippen LogP contribution is 2.07. The van der Waals surface area contributed by atoms with Crippen LogP contribution in [0, 0.1) is 0 Å². The number of hydrogen-bond acceptors (Lipinski definition) is 8. The zero-order valence-electron chi connectivity index (χ0n) is 20.7. The molecule has 0 rings (SSSR count). The summed E-state index contributed by atoms with van der Waals surface area (Å²) in [5, 5.41) is 0. The SMILES string of the molecule is CCCCCCCCCOC(=O)NOC(=O)/C=C/C(=O)ONC(=O)OCCCCCCCCC. The van der Waals surface area contributed by atoms with Gasteiger partial charge in [0.05, 0.1) is 13.2 Å². The van der Waals surface area contributed by atoms with E-state index in [2.05, 4.69) is 23.5 Å². The minimum Gasteiger partial charge on any atom is -0.447 e. The summed E-state index contributed by atoms with van der Waals surface area (Å²) < 4.78 is 9.75. The molecule has 0 bridgehead atoms. The topological polar surface area (TPSA) is 129 Å². The lowest BCUT2D eigenvalue weighted by molar-refractivity contribution is -0.146. The van der Waals surface area contributed by atoms with Crippen molar-refractivity contribution in [3.05, 3.63) is 12.2 Å². The molecule has 0 aliphatic heterocycles. The first-order valence-corrected chi connectivity index (χ1v) is 12.4. The molecular weight excluding hydrogens is 444 g/mol. The Morgan fingerprint density at radius 1 is 0.529 bits per heavy atom. The van der Waals surface area contributed by atoms with E-state index in [4.69, 9.17) is 9.47 Å². The van der Waals surface area contributed by atoms with Crippen LogP contribution in [-0.4, -0.2) is 37.3 Å². The van der Waals surface area contributed by atoms with Crippen LogP contribution in [0.3, 0.4) is 0 Å². The molecule has 0 heterocycles. The summed E-state index contributed by atoms with van der Waals surface area (Å²) in [6.07, 6.45) is 14.8. The highest BCUT2D eigenvalue weighted by atomic mass is 16.7. The Labute approximate surface area is 203 Å². The van der Waals surface area contributed by atoms with Crippen molar-refractivity contribution < 1.29 is 38.3 Å². The normalized spacial score (nSPS) is 10.5. The summed E-state index contributed by atoms with van der Waals surface area (Å²) in [5.74, 6) is -2.04. The van der Waals surface area contributed by atoms with Crippen LogP contribution in [0.2, 0.25) is 0 Å². The third-order valence-electron chi connectivity index (χ3n) is 4.79. The minimum absolute atomic E-state index is 0.222. The van der Waals surface area contributed by atoms with Gasteiger partial charge >= 0.3 is 24.1 Å². The van der Waals surface area contributed by atoms with E-state index in [1.165, 1.54) is 51.4 Å². The first-order chi connectivity index (χ1) is 16.5. The van der Waals surface area contributed by atoms with Gasteiger partial charge in [0.2, 0.25) is 0 Å². The Balaban J connectivity index is 3.69. The zero-order chi connectivity index (χ0) is 25.3. The number of unbranched alkanes of at least 4 members (excludes halogenated alkanes) is 12.